The highest BCUT2D eigenvalue weighted by Gasteiger charge is 2.33. The molecule has 0 spiro atoms. The molecule has 1 aromatic heterocycles. The Hall–Kier alpha value is -2.65. The van der Waals surface area contributed by atoms with Crippen molar-refractivity contribution in [2.45, 2.75) is 50.1 Å². The van der Waals surface area contributed by atoms with Crippen LogP contribution in [-0.2, 0) is 26.2 Å². The topological polar surface area (TPSA) is 109 Å². The zero-order chi connectivity index (χ0) is 21.6. The number of nitrogens with one attached hydrogen (secondary N) is 2. The average molecular weight is 434 g/mol. The molecule has 0 saturated carbocycles. The molecule has 0 radical (unpaired) electrons. The first kappa shape index (κ1) is 22.0. The molecule has 1 aliphatic rings. The summed E-state index contributed by atoms with van der Waals surface area (Å²) in [6, 6.07) is 10.0. The molecule has 2 heterocycles. The van der Waals surface area contributed by atoms with Crippen LogP contribution in [0.15, 0.2) is 52.0 Å². The van der Waals surface area contributed by atoms with Gasteiger partial charge in [-0.15, -0.1) is 0 Å². The van der Waals surface area contributed by atoms with Crippen LogP contribution in [0.3, 0.4) is 0 Å². The molecule has 1 aliphatic heterocycles. The molecule has 9 heteroatoms. The highest BCUT2D eigenvalue weighted by Crippen LogP contribution is 2.27. The number of piperidine rings is 1. The van der Waals surface area contributed by atoms with E-state index < -0.39 is 21.8 Å². The number of hydrogen-bond donors (Lipinski definition) is 2. The Bertz CT molecular complexity index is 955. The van der Waals surface area contributed by atoms with Gasteiger partial charge in [0.15, 0.2) is 0 Å². The van der Waals surface area contributed by atoms with Gasteiger partial charge in [0.1, 0.15) is 5.76 Å². The molecule has 0 aliphatic carbocycles. The highest BCUT2D eigenvalue weighted by molar-refractivity contribution is 7.89. The van der Waals surface area contributed by atoms with E-state index in [1.54, 1.807) is 36.4 Å². The largest absolute Gasteiger partial charge is 0.467 e. The van der Waals surface area contributed by atoms with Crippen LogP contribution < -0.4 is 10.6 Å². The molecule has 8 nitrogen and oxygen atoms in total. The molecule has 162 valence electrons. The van der Waals surface area contributed by atoms with Crippen LogP contribution in [0, 0.1) is 6.92 Å². The summed E-state index contributed by atoms with van der Waals surface area (Å²) in [5.41, 5.74) is 0.997. The van der Waals surface area contributed by atoms with Crippen LogP contribution in [0.4, 0.5) is 0 Å². The van der Waals surface area contributed by atoms with E-state index in [2.05, 4.69) is 10.6 Å². The SMILES string of the molecule is Cc1ccc(S(=O)(=O)N2CCCC[C@@H]2CCNC(=O)C(=O)NCc2ccco2)cc1. The second-order valence-electron chi connectivity index (χ2n) is 7.39. The van der Waals surface area contributed by atoms with Crippen molar-refractivity contribution in [3.63, 3.8) is 0 Å². The van der Waals surface area contributed by atoms with E-state index in [0.29, 0.717) is 18.7 Å². The summed E-state index contributed by atoms with van der Waals surface area (Å²) in [6.07, 6.45) is 4.40. The average Bonchev–Trinajstić information content (AvgIpc) is 3.26. The number of sulfonamides is 1. The normalized spacial score (nSPS) is 17.4. The van der Waals surface area contributed by atoms with Crippen LogP contribution in [0.1, 0.15) is 37.0 Å². The predicted molar refractivity (Wildman–Crippen MR) is 111 cm³/mol. The molecule has 2 amide bonds. The molecular weight excluding hydrogens is 406 g/mol. The third kappa shape index (κ3) is 5.48. The summed E-state index contributed by atoms with van der Waals surface area (Å²) < 4.78 is 32.8. The summed E-state index contributed by atoms with van der Waals surface area (Å²) in [5, 5.41) is 5.06. The van der Waals surface area contributed by atoms with E-state index in [4.69, 9.17) is 4.42 Å². The first-order valence-corrected chi connectivity index (χ1v) is 11.5. The fourth-order valence-electron chi connectivity index (χ4n) is 3.52. The zero-order valence-corrected chi connectivity index (χ0v) is 17.8. The van der Waals surface area contributed by atoms with Crippen LogP contribution in [0.5, 0.6) is 0 Å². The van der Waals surface area contributed by atoms with Crippen molar-refractivity contribution in [1.29, 1.82) is 0 Å². The first-order valence-electron chi connectivity index (χ1n) is 10.0. The van der Waals surface area contributed by atoms with E-state index in [-0.39, 0.29) is 24.0 Å². The number of benzene rings is 1. The number of rotatable bonds is 7. The van der Waals surface area contributed by atoms with Crippen molar-refractivity contribution in [3.05, 3.63) is 54.0 Å². The number of amides is 2. The Kier molecular flexibility index (Phi) is 7.28. The molecule has 1 fully saturated rings. The van der Waals surface area contributed by atoms with E-state index in [1.165, 1.54) is 10.6 Å². The van der Waals surface area contributed by atoms with Crippen molar-refractivity contribution in [1.82, 2.24) is 14.9 Å². The van der Waals surface area contributed by atoms with Gasteiger partial charge in [0, 0.05) is 19.1 Å². The molecule has 1 saturated heterocycles. The number of hydrogen-bond acceptors (Lipinski definition) is 5. The molecule has 0 bridgehead atoms. The zero-order valence-electron chi connectivity index (χ0n) is 17.0. The van der Waals surface area contributed by atoms with Gasteiger partial charge in [-0.25, -0.2) is 8.42 Å². The molecule has 1 aromatic carbocycles. The van der Waals surface area contributed by atoms with Crippen LogP contribution >= 0.6 is 0 Å². The van der Waals surface area contributed by atoms with Crippen molar-refractivity contribution in [2.75, 3.05) is 13.1 Å². The number of aryl methyl sites for hydroxylation is 1. The Morgan fingerprint density at radius 3 is 2.53 bits per heavy atom. The number of furan rings is 1. The lowest BCUT2D eigenvalue weighted by Gasteiger charge is -2.34. The number of nitrogens with zero attached hydrogens (tertiary/aromatic N) is 1. The van der Waals surface area contributed by atoms with Gasteiger partial charge in [-0.1, -0.05) is 24.1 Å². The fourth-order valence-corrected chi connectivity index (χ4v) is 5.24. The second-order valence-corrected chi connectivity index (χ2v) is 9.28. The van der Waals surface area contributed by atoms with Gasteiger partial charge in [-0.05, 0) is 50.5 Å². The third-order valence-corrected chi connectivity index (χ3v) is 7.14. The molecule has 3 rings (SSSR count). The van der Waals surface area contributed by atoms with Gasteiger partial charge in [-0.3, -0.25) is 9.59 Å². The Morgan fingerprint density at radius 1 is 1.10 bits per heavy atom. The molecular formula is C21H27N3O5S. The maximum absolute atomic E-state index is 13.1. The monoisotopic (exact) mass is 433 g/mol. The van der Waals surface area contributed by atoms with Crippen molar-refractivity contribution in [2.24, 2.45) is 0 Å². The smallest absolute Gasteiger partial charge is 0.309 e. The molecule has 0 unspecified atom stereocenters. The minimum atomic E-state index is -3.60. The van der Waals surface area contributed by atoms with Gasteiger partial charge < -0.3 is 15.1 Å². The second kappa shape index (κ2) is 9.90. The van der Waals surface area contributed by atoms with E-state index in [0.717, 1.165) is 24.8 Å². The third-order valence-electron chi connectivity index (χ3n) is 5.17. The van der Waals surface area contributed by atoms with Gasteiger partial charge in [0.05, 0.1) is 17.7 Å². The molecule has 2 N–H and O–H groups in total. The highest BCUT2D eigenvalue weighted by atomic mass is 32.2. The fraction of sp³-hybridized carbons (Fsp3) is 0.429. The Balaban J connectivity index is 1.53. The van der Waals surface area contributed by atoms with Crippen LogP contribution in [0.25, 0.3) is 0 Å². The lowest BCUT2D eigenvalue weighted by atomic mass is 10.0. The maximum Gasteiger partial charge on any atom is 0.309 e. The minimum Gasteiger partial charge on any atom is -0.467 e. The summed E-state index contributed by atoms with van der Waals surface area (Å²) in [7, 11) is -3.60. The van der Waals surface area contributed by atoms with Gasteiger partial charge in [0.25, 0.3) is 0 Å². The van der Waals surface area contributed by atoms with Crippen LogP contribution in [-0.4, -0.2) is 43.7 Å². The minimum absolute atomic E-state index is 0.129. The van der Waals surface area contributed by atoms with Crippen molar-refractivity contribution in [3.8, 4) is 0 Å². The van der Waals surface area contributed by atoms with Crippen molar-refractivity contribution < 1.29 is 22.4 Å². The van der Waals surface area contributed by atoms with E-state index >= 15 is 0 Å². The first-order chi connectivity index (χ1) is 14.4. The molecule has 30 heavy (non-hydrogen) atoms. The lowest BCUT2D eigenvalue weighted by molar-refractivity contribution is -0.139. The van der Waals surface area contributed by atoms with Gasteiger partial charge >= 0.3 is 11.8 Å². The summed E-state index contributed by atoms with van der Waals surface area (Å²) >= 11 is 0. The van der Waals surface area contributed by atoms with Gasteiger partial charge in [0.2, 0.25) is 10.0 Å². The van der Waals surface area contributed by atoms with E-state index in [1.807, 2.05) is 6.92 Å². The summed E-state index contributed by atoms with van der Waals surface area (Å²) in [5.74, 6) is -0.945. The summed E-state index contributed by atoms with van der Waals surface area (Å²) in [6.45, 7) is 2.72. The molecule has 1 atom stereocenters. The Morgan fingerprint density at radius 2 is 1.83 bits per heavy atom. The van der Waals surface area contributed by atoms with Crippen molar-refractivity contribution >= 4 is 21.8 Å². The summed E-state index contributed by atoms with van der Waals surface area (Å²) in [4.78, 5) is 24.2. The lowest BCUT2D eigenvalue weighted by Crippen LogP contribution is -2.46. The molecule has 2 aromatic rings. The number of carbonyl (C=O) groups is 2. The predicted octanol–water partition coefficient (Wildman–Crippen LogP) is 1.95. The van der Waals surface area contributed by atoms with Crippen LogP contribution in [0.2, 0.25) is 0 Å². The standard InChI is InChI=1S/C21H27N3O5S/c1-16-7-9-19(10-8-16)30(27,28)24-13-3-2-5-17(24)11-12-22-20(25)21(26)23-15-18-6-4-14-29-18/h4,6-10,14,17H,2-3,5,11-13,15H2,1H3,(H,22,25)(H,23,26)/t17-/m1/s1. The van der Waals surface area contributed by atoms with E-state index in [9.17, 15) is 18.0 Å². The quantitative estimate of drug-likeness (QED) is 0.649. The van der Waals surface area contributed by atoms with Gasteiger partial charge in [-0.2, -0.15) is 4.31 Å². The Labute approximate surface area is 176 Å². The number of carbonyl (C=O) groups excluding carboxylic acids is 2. The maximum atomic E-state index is 13.1.